The number of hydrogen-bond acceptors (Lipinski definition) is 6. The van der Waals surface area contributed by atoms with Gasteiger partial charge in [0.25, 0.3) is 5.91 Å². The van der Waals surface area contributed by atoms with Gasteiger partial charge in [-0.25, -0.2) is 4.79 Å². The number of halogens is 1. The molecule has 2 fully saturated rings. The zero-order valence-corrected chi connectivity index (χ0v) is 18.3. The predicted octanol–water partition coefficient (Wildman–Crippen LogP) is 1.82. The lowest BCUT2D eigenvalue weighted by atomic mass is 10.2. The smallest absolute Gasteiger partial charge is 0.336 e. The molecule has 2 aliphatic rings. The minimum absolute atomic E-state index is 0.0280. The molecule has 0 radical (unpaired) electrons. The molecule has 3 atom stereocenters. The number of rotatable bonds is 9. The third kappa shape index (κ3) is 5.80. The van der Waals surface area contributed by atoms with E-state index in [1.165, 1.54) is 11.8 Å². The maximum absolute atomic E-state index is 12.6. The summed E-state index contributed by atoms with van der Waals surface area (Å²) in [6.07, 6.45) is -0.477. The zero-order valence-electron chi connectivity index (χ0n) is 16.8. The molecule has 0 spiro atoms. The highest BCUT2D eigenvalue weighted by atomic mass is 35.5. The number of nitrogens with zero attached hydrogens (tertiary/aromatic N) is 2. The number of aliphatic carboxylic acids is 1. The number of para-hydroxylation sites is 1. The Morgan fingerprint density at radius 2 is 1.93 bits per heavy atom. The van der Waals surface area contributed by atoms with Gasteiger partial charge in [-0.3, -0.25) is 9.59 Å². The van der Waals surface area contributed by atoms with Gasteiger partial charge in [-0.1, -0.05) is 37.1 Å². The first-order valence-electron chi connectivity index (χ1n) is 9.98. The van der Waals surface area contributed by atoms with Gasteiger partial charge in [0.2, 0.25) is 5.91 Å². The number of carbonyl (C=O) groups is 3. The van der Waals surface area contributed by atoms with Gasteiger partial charge in [-0.2, -0.15) is 0 Å². The molecule has 10 heteroatoms. The van der Waals surface area contributed by atoms with E-state index in [0.717, 1.165) is 12.1 Å². The lowest BCUT2D eigenvalue weighted by molar-refractivity contribution is -0.138. The van der Waals surface area contributed by atoms with Crippen molar-refractivity contribution < 1.29 is 24.2 Å². The highest BCUT2D eigenvalue weighted by molar-refractivity contribution is 8.00. The number of piperazine rings is 1. The predicted molar refractivity (Wildman–Crippen MR) is 116 cm³/mol. The van der Waals surface area contributed by atoms with Crippen molar-refractivity contribution in [3.63, 3.8) is 0 Å². The van der Waals surface area contributed by atoms with Crippen LogP contribution in [0.5, 0.6) is 0 Å². The molecule has 2 aliphatic heterocycles. The molecule has 0 aliphatic carbocycles. The van der Waals surface area contributed by atoms with Crippen molar-refractivity contribution >= 4 is 46.8 Å². The molecule has 1 aromatic rings. The Labute approximate surface area is 184 Å². The number of benzene rings is 1. The zero-order chi connectivity index (χ0) is 21.7. The molecular weight excluding hydrogens is 430 g/mol. The monoisotopic (exact) mass is 455 g/mol. The van der Waals surface area contributed by atoms with Crippen molar-refractivity contribution in [3.05, 3.63) is 29.3 Å². The minimum atomic E-state index is -1.14. The molecule has 1 aromatic carbocycles. The lowest BCUT2D eigenvalue weighted by Gasteiger charge is -2.36. The van der Waals surface area contributed by atoms with Crippen molar-refractivity contribution in [2.45, 2.75) is 37.3 Å². The SMILES string of the molecule is CCCC(NC(=O)[C@H]1O[C@@H]1C(=O)O)SCC(=O)N1CCN(c2ccccc2Cl)CC1. The Hall–Kier alpha value is -1.97. The molecule has 0 aromatic heterocycles. The first-order valence-corrected chi connectivity index (χ1v) is 11.4. The van der Waals surface area contributed by atoms with Gasteiger partial charge in [0, 0.05) is 26.2 Å². The number of carboxylic acids is 1. The number of carboxylic acid groups (broad SMARTS) is 1. The second-order valence-corrected chi connectivity index (χ2v) is 8.83. The van der Waals surface area contributed by atoms with Crippen LogP contribution in [0, 0.1) is 0 Å². The van der Waals surface area contributed by atoms with Gasteiger partial charge in [-0.05, 0) is 18.6 Å². The van der Waals surface area contributed by atoms with Gasteiger partial charge in [0.15, 0.2) is 12.2 Å². The number of anilines is 1. The van der Waals surface area contributed by atoms with Crippen LogP contribution in [0.3, 0.4) is 0 Å². The normalized spacial score (nSPS) is 21.8. The molecule has 2 amide bonds. The first-order chi connectivity index (χ1) is 14.4. The Balaban J connectivity index is 1.44. The maximum Gasteiger partial charge on any atom is 0.336 e. The van der Waals surface area contributed by atoms with Crippen LogP contribution in [-0.4, -0.2) is 77.3 Å². The molecule has 2 saturated heterocycles. The summed E-state index contributed by atoms with van der Waals surface area (Å²) >= 11 is 7.63. The van der Waals surface area contributed by atoms with Crippen LogP contribution in [0.15, 0.2) is 24.3 Å². The number of amides is 2. The van der Waals surface area contributed by atoms with E-state index in [1.54, 1.807) is 0 Å². The van der Waals surface area contributed by atoms with Crippen molar-refractivity contribution in [1.82, 2.24) is 10.2 Å². The largest absolute Gasteiger partial charge is 0.479 e. The fourth-order valence-corrected chi connectivity index (χ4v) is 4.75. The van der Waals surface area contributed by atoms with Gasteiger partial charge in [0.05, 0.1) is 21.8 Å². The lowest BCUT2D eigenvalue weighted by Crippen LogP contribution is -2.49. The summed E-state index contributed by atoms with van der Waals surface area (Å²) in [7, 11) is 0. The van der Waals surface area contributed by atoms with Crippen LogP contribution in [0.1, 0.15) is 19.8 Å². The van der Waals surface area contributed by atoms with E-state index in [9.17, 15) is 14.4 Å². The second kappa shape index (κ2) is 10.4. The van der Waals surface area contributed by atoms with E-state index in [2.05, 4.69) is 10.2 Å². The Bertz CT molecular complexity index is 787. The molecule has 1 unspecified atom stereocenters. The third-order valence-corrected chi connectivity index (χ3v) is 6.57. The highest BCUT2D eigenvalue weighted by Gasteiger charge is 2.51. The van der Waals surface area contributed by atoms with E-state index < -0.39 is 24.1 Å². The number of hydrogen-bond donors (Lipinski definition) is 2. The highest BCUT2D eigenvalue weighted by Crippen LogP contribution is 2.27. The first kappa shape index (κ1) is 22.7. The Morgan fingerprint density at radius 3 is 2.53 bits per heavy atom. The van der Waals surface area contributed by atoms with Gasteiger partial charge in [0.1, 0.15) is 0 Å². The molecule has 164 valence electrons. The van der Waals surface area contributed by atoms with Crippen LogP contribution < -0.4 is 10.2 Å². The summed E-state index contributed by atoms with van der Waals surface area (Å²) in [4.78, 5) is 39.6. The van der Waals surface area contributed by atoms with Crippen molar-refractivity contribution in [1.29, 1.82) is 0 Å². The summed E-state index contributed by atoms with van der Waals surface area (Å²) in [5.41, 5.74) is 0.980. The van der Waals surface area contributed by atoms with E-state index in [4.69, 9.17) is 21.4 Å². The van der Waals surface area contributed by atoms with E-state index >= 15 is 0 Å². The topological polar surface area (TPSA) is 102 Å². The average molecular weight is 456 g/mol. The van der Waals surface area contributed by atoms with Crippen LogP contribution >= 0.6 is 23.4 Å². The quantitative estimate of drug-likeness (QED) is 0.432. The molecule has 0 bridgehead atoms. The number of epoxide rings is 1. The van der Waals surface area contributed by atoms with E-state index in [1.807, 2.05) is 36.1 Å². The summed E-state index contributed by atoms with van der Waals surface area (Å²) < 4.78 is 4.88. The third-order valence-electron chi connectivity index (χ3n) is 5.08. The van der Waals surface area contributed by atoms with Crippen LogP contribution in [0.2, 0.25) is 5.02 Å². The van der Waals surface area contributed by atoms with Gasteiger partial charge in [-0.15, -0.1) is 11.8 Å². The van der Waals surface area contributed by atoms with Gasteiger partial charge >= 0.3 is 5.97 Å². The molecule has 2 N–H and O–H groups in total. The molecule has 8 nitrogen and oxygen atoms in total. The standard InChI is InChI=1S/C20H26ClN3O5S/c1-2-5-15(22-19(26)17-18(29-17)20(27)28)30-12-16(25)24-10-8-23(9-11-24)14-7-4-3-6-13(14)21/h3-4,6-7,15,17-18H,2,5,8-12H2,1H3,(H,22,26)(H,27,28)/t15?,17-,18-/m0/s1. The van der Waals surface area contributed by atoms with Crippen LogP contribution in [0.25, 0.3) is 0 Å². The van der Waals surface area contributed by atoms with Crippen molar-refractivity contribution in [3.8, 4) is 0 Å². The average Bonchev–Trinajstić information content (AvgIpc) is 3.54. The Morgan fingerprint density at radius 1 is 1.23 bits per heavy atom. The summed E-state index contributed by atoms with van der Waals surface area (Å²) in [6.45, 7) is 4.65. The molecule has 0 saturated carbocycles. The fraction of sp³-hybridized carbons (Fsp3) is 0.550. The number of nitrogens with one attached hydrogen (secondary N) is 1. The summed E-state index contributed by atoms with van der Waals surface area (Å²) in [6, 6.07) is 7.68. The van der Waals surface area contributed by atoms with E-state index in [0.29, 0.717) is 37.6 Å². The Kier molecular flexibility index (Phi) is 7.85. The number of carbonyl (C=O) groups excluding carboxylic acids is 2. The summed E-state index contributed by atoms with van der Waals surface area (Å²) in [5, 5.41) is 12.1. The maximum atomic E-state index is 12.6. The summed E-state index contributed by atoms with van der Waals surface area (Å²) in [5.74, 6) is -1.29. The number of thioether (sulfide) groups is 1. The molecule has 3 rings (SSSR count). The van der Waals surface area contributed by atoms with Crippen LogP contribution in [0.4, 0.5) is 5.69 Å². The molecule has 30 heavy (non-hydrogen) atoms. The fourth-order valence-electron chi connectivity index (χ4n) is 3.37. The second-order valence-electron chi connectivity index (χ2n) is 7.23. The van der Waals surface area contributed by atoms with Crippen LogP contribution in [-0.2, 0) is 19.1 Å². The van der Waals surface area contributed by atoms with Crippen molar-refractivity contribution in [2.75, 3.05) is 36.8 Å². The number of ether oxygens (including phenoxy) is 1. The van der Waals surface area contributed by atoms with Gasteiger partial charge < -0.3 is 25.0 Å². The minimum Gasteiger partial charge on any atom is -0.479 e. The molecule has 2 heterocycles. The van der Waals surface area contributed by atoms with E-state index in [-0.39, 0.29) is 17.0 Å². The van der Waals surface area contributed by atoms with Crippen molar-refractivity contribution in [2.24, 2.45) is 0 Å². The molecular formula is C20H26ClN3O5S.